The van der Waals surface area contributed by atoms with Gasteiger partial charge in [-0.2, -0.15) is 0 Å². The van der Waals surface area contributed by atoms with Crippen LogP contribution in [0.25, 0.3) is 22.0 Å². The monoisotopic (exact) mass is 524 g/mol. The molecule has 0 spiro atoms. The van der Waals surface area contributed by atoms with Gasteiger partial charge in [0.2, 0.25) is 0 Å². The van der Waals surface area contributed by atoms with Gasteiger partial charge >= 0.3 is 6.09 Å². The Balaban J connectivity index is 1.27. The van der Waals surface area contributed by atoms with Gasteiger partial charge in [-0.15, -0.1) is 0 Å². The molecule has 0 aliphatic carbocycles. The zero-order chi connectivity index (χ0) is 27.2. The molecule has 3 aromatic carbocycles. The van der Waals surface area contributed by atoms with Crippen molar-refractivity contribution in [2.75, 3.05) is 32.7 Å². The highest BCUT2D eigenvalue weighted by molar-refractivity contribution is 5.96. The highest BCUT2D eigenvalue weighted by Gasteiger charge is 2.19. The van der Waals surface area contributed by atoms with Gasteiger partial charge in [0.05, 0.1) is 0 Å². The fourth-order valence-corrected chi connectivity index (χ4v) is 5.27. The summed E-state index contributed by atoms with van der Waals surface area (Å²) in [5, 5.41) is 4.14. The lowest BCUT2D eigenvalue weighted by Gasteiger charge is -2.34. The van der Waals surface area contributed by atoms with Crippen molar-refractivity contribution < 1.29 is 9.53 Å². The first kappa shape index (κ1) is 27.0. The van der Waals surface area contributed by atoms with E-state index in [1.807, 2.05) is 20.8 Å². The van der Waals surface area contributed by atoms with Crippen molar-refractivity contribution in [1.82, 2.24) is 19.7 Å². The number of nitrogens with zero attached hydrogens (tertiary/aromatic N) is 3. The molecule has 204 valence electrons. The topological polar surface area (TPSA) is 49.7 Å². The summed E-state index contributed by atoms with van der Waals surface area (Å²) in [6.07, 6.45) is 1.83. The summed E-state index contributed by atoms with van der Waals surface area (Å²) in [7, 11) is 0. The molecule has 0 unspecified atom stereocenters. The minimum Gasteiger partial charge on any atom is -0.444 e. The Bertz CT molecular complexity index is 1370. The lowest BCUT2D eigenvalue weighted by atomic mass is 10.0. The van der Waals surface area contributed by atoms with Crippen LogP contribution in [0.1, 0.15) is 31.9 Å². The summed E-state index contributed by atoms with van der Waals surface area (Å²) < 4.78 is 7.63. The smallest absolute Gasteiger partial charge is 0.407 e. The maximum absolute atomic E-state index is 12.1. The Morgan fingerprint density at radius 3 is 2.08 bits per heavy atom. The number of aromatic nitrogens is 1. The second kappa shape index (κ2) is 12.1. The molecule has 39 heavy (non-hydrogen) atoms. The van der Waals surface area contributed by atoms with Crippen molar-refractivity contribution in [2.24, 2.45) is 0 Å². The van der Waals surface area contributed by atoms with Crippen molar-refractivity contribution in [2.45, 2.75) is 46.0 Å². The van der Waals surface area contributed by atoms with Gasteiger partial charge in [0.1, 0.15) is 5.60 Å². The number of benzene rings is 3. The van der Waals surface area contributed by atoms with Crippen molar-refractivity contribution in [3.8, 4) is 11.1 Å². The third kappa shape index (κ3) is 7.28. The van der Waals surface area contributed by atoms with Crippen LogP contribution in [0.2, 0.25) is 0 Å². The minimum atomic E-state index is -0.504. The Morgan fingerprint density at radius 1 is 0.821 bits per heavy atom. The van der Waals surface area contributed by atoms with Gasteiger partial charge in [-0.25, -0.2) is 4.79 Å². The summed E-state index contributed by atoms with van der Waals surface area (Å²) >= 11 is 0. The first-order valence-corrected chi connectivity index (χ1v) is 14.0. The third-order valence-corrected chi connectivity index (χ3v) is 7.17. The fourth-order valence-electron chi connectivity index (χ4n) is 5.27. The van der Waals surface area contributed by atoms with Crippen LogP contribution in [-0.2, 0) is 24.4 Å². The molecule has 0 saturated carbocycles. The third-order valence-electron chi connectivity index (χ3n) is 7.17. The molecule has 1 aliphatic heterocycles. The number of rotatable bonds is 8. The molecule has 1 aromatic heterocycles. The number of ether oxygens (including phenoxy) is 1. The number of amides is 1. The van der Waals surface area contributed by atoms with E-state index in [0.29, 0.717) is 13.1 Å². The normalized spacial score (nSPS) is 14.9. The van der Waals surface area contributed by atoms with Gasteiger partial charge in [0.15, 0.2) is 0 Å². The standard InChI is InChI=1S/C33H40N4O2/c1-33(2,3)39-32(38)34-16-17-37-25-30(28-12-8-5-9-13-28)29-22-27(14-15-31(29)37)24-36-20-18-35(19-21-36)23-26-10-6-4-7-11-26/h4-15,22,25H,16-21,23-24H2,1-3H3,(H,34,38). The molecule has 6 heteroatoms. The minimum absolute atomic E-state index is 0.381. The molecular formula is C33H40N4O2. The van der Waals surface area contributed by atoms with Gasteiger partial charge in [-0.3, -0.25) is 9.80 Å². The number of hydrogen-bond donors (Lipinski definition) is 1. The first-order chi connectivity index (χ1) is 18.8. The van der Waals surface area contributed by atoms with Crippen LogP contribution < -0.4 is 5.32 Å². The highest BCUT2D eigenvalue weighted by Crippen LogP contribution is 2.32. The fraction of sp³-hybridized carbons (Fsp3) is 0.364. The van der Waals surface area contributed by atoms with Crippen LogP contribution in [0.4, 0.5) is 4.79 Å². The second-order valence-corrected chi connectivity index (χ2v) is 11.4. The van der Waals surface area contributed by atoms with Crippen LogP contribution in [0, 0.1) is 0 Å². The van der Waals surface area contributed by atoms with Crippen LogP contribution in [-0.4, -0.2) is 58.8 Å². The average Bonchev–Trinajstić information content (AvgIpc) is 3.28. The Morgan fingerprint density at radius 2 is 1.44 bits per heavy atom. The Labute approximate surface area is 232 Å². The summed E-state index contributed by atoms with van der Waals surface area (Å²) in [4.78, 5) is 17.2. The van der Waals surface area contributed by atoms with Crippen LogP contribution in [0.15, 0.2) is 85.1 Å². The van der Waals surface area contributed by atoms with Gasteiger partial charge in [-0.05, 0) is 49.6 Å². The molecule has 1 saturated heterocycles. The predicted octanol–water partition coefficient (Wildman–Crippen LogP) is 6.15. The second-order valence-electron chi connectivity index (χ2n) is 11.4. The molecule has 0 bridgehead atoms. The largest absolute Gasteiger partial charge is 0.444 e. The molecule has 1 fully saturated rings. The Kier molecular flexibility index (Phi) is 8.34. The average molecular weight is 525 g/mol. The maximum Gasteiger partial charge on any atom is 0.407 e. The SMILES string of the molecule is CC(C)(C)OC(=O)NCCn1cc(-c2ccccc2)c2cc(CN3CCN(Cc4ccccc4)CC3)ccc21. The van der Waals surface area contributed by atoms with Crippen molar-refractivity contribution >= 4 is 17.0 Å². The van der Waals surface area contributed by atoms with E-state index in [4.69, 9.17) is 4.74 Å². The van der Waals surface area contributed by atoms with Crippen molar-refractivity contribution in [1.29, 1.82) is 0 Å². The molecular weight excluding hydrogens is 484 g/mol. The molecule has 2 heterocycles. The van der Waals surface area contributed by atoms with E-state index in [0.717, 1.165) is 39.3 Å². The van der Waals surface area contributed by atoms with E-state index in [9.17, 15) is 4.79 Å². The first-order valence-electron chi connectivity index (χ1n) is 14.0. The number of piperazine rings is 1. The van der Waals surface area contributed by atoms with Gasteiger partial charge in [0.25, 0.3) is 0 Å². The molecule has 1 aliphatic rings. The van der Waals surface area contributed by atoms with Crippen LogP contribution in [0.5, 0.6) is 0 Å². The molecule has 6 nitrogen and oxygen atoms in total. The summed E-state index contributed by atoms with van der Waals surface area (Å²) in [6.45, 7) is 13.1. The Hall–Kier alpha value is -3.61. The molecule has 0 radical (unpaired) electrons. The van der Waals surface area contributed by atoms with E-state index in [1.54, 1.807) is 0 Å². The lowest BCUT2D eigenvalue weighted by molar-refractivity contribution is 0.0526. The molecule has 1 amide bonds. The molecule has 4 aromatic rings. The van der Waals surface area contributed by atoms with E-state index < -0.39 is 5.60 Å². The van der Waals surface area contributed by atoms with E-state index in [2.05, 4.69) is 105 Å². The van der Waals surface area contributed by atoms with E-state index >= 15 is 0 Å². The highest BCUT2D eigenvalue weighted by atomic mass is 16.6. The number of carbonyl (C=O) groups excluding carboxylic acids is 1. The molecule has 5 rings (SSSR count). The van der Waals surface area contributed by atoms with Gasteiger partial charge in [0, 0.05) is 75.0 Å². The summed E-state index contributed by atoms with van der Waals surface area (Å²) in [5.74, 6) is 0. The van der Waals surface area contributed by atoms with Gasteiger partial charge in [-0.1, -0.05) is 66.7 Å². The number of nitrogens with one attached hydrogen (secondary N) is 1. The van der Waals surface area contributed by atoms with Gasteiger partial charge < -0.3 is 14.6 Å². The lowest BCUT2D eigenvalue weighted by Crippen LogP contribution is -2.45. The molecule has 0 atom stereocenters. The van der Waals surface area contributed by atoms with Crippen molar-refractivity contribution in [3.05, 3.63) is 96.2 Å². The number of fused-ring (bicyclic) bond motifs is 1. The van der Waals surface area contributed by atoms with Crippen LogP contribution in [0.3, 0.4) is 0 Å². The summed E-state index contributed by atoms with van der Waals surface area (Å²) in [5.41, 5.74) is 5.81. The predicted molar refractivity (Wildman–Crippen MR) is 159 cm³/mol. The number of alkyl carbamates (subject to hydrolysis) is 1. The molecule has 1 N–H and O–H groups in total. The van der Waals surface area contributed by atoms with Crippen molar-refractivity contribution in [3.63, 3.8) is 0 Å². The zero-order valence-corrected chi connectivity index (χ0v) is 23.4. The van der Waals surface area contributed by atoms with E-state index in [-0.39, 0.29) is 6.09 Å². The van der Waals surface area contributed by atoms with E-state index in [1.165, 1.54) is 33.2 Å². The summed E-state index contributed by atoms with van der Waals surface area (Å²) in [6, 6.07) is 28.1. The zero-order valence-electron chi connectivity index (χ0n) is 23.4. The number of hydrogen-bond acceptors (Lipinski definition) is 4. The van der Waals surface area contributed by atoms with Crippen LogP contribution >= 0.6 is 0 Å². The quantitative estimate of drug-likeness (QED) is 0.300. The number of carbonyl (C=O) groups is 1. The maximum atomic E-state index is 12.1.